The largest absolute Gasteiger partial charge is 0.480 e. The number of rotatable bonds is 4. The molecule has 0 aromatic carbocycles. The van der Waals surface area contributed by atoms with Crippen LogP contribution < -0.4 is 5.32 Å². The second-order valence-corrected chi connectivity index (χ2v) is 7.44. The molecule has 3 saturated carbocycles. The maximum absolute atomic E-state index is 12.6. The van der Waals surface area contributed by atoms with Crippen LogP contribution in [0.2, 0.25) is 0 Å². The SMILES string of the molecule is O=C(O)C1C2CCCC2CN1C(=O)NC(C1CC1)C1CC1. The third kappa shape index (κ3) is 2.40. The van der Waals surface area contributed by atoms with Gasteiger partial charge >= 0.3 is 12.0 Å². The molecule has 0 aromatic heterocycles. The molecule has 4 aliphatic rings. The van der Waals surface area contributed by atoms with Crippen molar-refractivity contribution in [2.24, 2.45) is 23.7 Å². The second kappa shape index (κ2) is 4.89. The first-order chi connectivity index (χ1) is 10.1. The lowest BCUT2D eigenvalue weighted by Crippen LogP contribution is -2.51. The summed E-state index contributed by atoms with van der Waals surface area (Å²) >= 11 is 0. The monoisotopic (exact) mass is 292 g/mol. The molecule has 5 heteroatoms. The Hall–Kier alpha value is -1.26. The molecule has 1 heterocycles. The van der Waals surface area contributed by atoms with Crippen LogP contribution in [0.1, 0.15) is 44.9 Å². The zero-order valence-corrected chi connectivity index (χ0v) is 12.3. The van der Waals surface area contributed by atoms with Gasteiger partial charge in [-0.25, -0.2) is 9.59 Å². The Kier molecular flexibility index (Phi) is 3.12. The normalized spacial score (nSPS) is 35.1. The number of likely N-dealkylation sites (tertiary alicyclic amines) is 1. The van der Waals surface area contributed by atoms with Crippen molar-refractivity contribution in [1.82, 2.24) is 10.2 Å². The topological polar surface area (TPSA) is 69.6 Å². The highest BCUT2D eigenvalue weighted by molar-refractivity contribution is 5.84. The summed E-state index contributed by atoms with van der Waals surface area (Å²) in [5.74, 6) is 1.04. The van der Waals surface area contributed by atoms with Crippen LogP contribution in [-0.2, 0) is 4.79 Å². The van der Waals surface area contributed by atoms with Crippen LogP contribution in [0.5, 0.6) is 0 Å². The maximum atomic E-state index is 12.6. The fraction of sp³-hybridized carbons (Fsp3) is 0.875. The van der Waals surface area contributed by atoms with Gasteiger partial charge in [0, 0.05) is 12.6 Å². The molecule has 2 amide bonds. The van der Waals surface area contributed by atoms with E-state index in [0.29, 0.717) is 30.3 Å². The van der Waals surface area contributed by atoms with Gasteiger partial charge in [-0.3, -0.25) is 0 Å². The Bertz CT molecular complexity index is 446. The Morgan fingerprint density at radius 2 is 1.71 bits per heavy atom. The van der Waals surface area contributed by atoms with Crippen molar-refractivity contribution in [2.45, 2.75) is 57.0 Å². The first-order valence-electron chi connectivity index (χ1n) is 8.45. The van der Waals surface area contributed by atoms with Crippen LogP contribution in [-0.4, -0.2) is 40.6 Å². The van der Waals surface area contributed by atoms with Gasteiger partial charge in [0.25, 0.3) is 0 Å². The summed E-state index contributed by atoms with van der Waals surface area (Å²) in [5, 5.41) is 12.7. The molecule has 0 spiro atoms. The van der Waals surface area contributed by atoms with E-state index in [-0.39, 0.29) is 11.9 Å². The van der Waals surface area contributed by atoms with Gasteiger partial charge in [-0.1, -0.05) is 6.42 Å². The van der Waals surface area contributed by atoms with Crippen LogP contribution in [0.25, 0.3) is 0 Å². The maximum Gasteiger partial charge on any atom is 0.326 e. The van der Waals surface area contributed by atoms with Crippen molar-refractivity contribution in [3.63, 3.8) is 0 Å². The minimum atomic E-state index is -0.825. The lowest BCUT2D eigenvalue weighted by molar-refractivity contribution is -0.142. The van der Waals surface area contributed by atoms with Gasteiger partial charge in [-0.15, -0.1) is 0 Å². The van der Waals surface area contributed by atoms with E-state index in [4.69, 9.17) is 0 Å². The van der Waals surface area contributed by atoms with Crippen LogP contribution in [0.4, 0.5) is 4.79 Å². The molecule has 1 aliphatic heterocycles. The summed E-state index contributed by atoms with van der Waals surface area (Å²) in [5.41, 5.74) is 0. The lowest BCUT2D eigenvalue weighted by Gasteiger charge is -2.27. The highest BCUT2D eigenvalue weighted by atomic mass is 16.4. The number of amides is 2. The predicted molar refractivity (Wildman–Crippen MR) is 76.7 cm³/mol. The third-order valence-electron chi connectivity index (χ3n) is 5.95. The number of nitrogens with zero attached hydrogens (tertiary/aromatic N) is 1. The van der Waals surface area contributed by atoms with Crippen LogP contribution in [0.3, 0.4) is 0 Å². The molecule has 3 atom stereocenters. The lowest BCUT2D eigenvalue weighted by atomic mass is 9.94. The van der Waals surface area contributed by atoms with Crippen molar-refractivity contribution < 1.29 is 14.7 Å². The molecular weight excluding hydrogens is 268 g/mol. The fourth-order valence-electron chi connectivity index (χ4n) is 4.59. The highest BCUT2D eigenvalue weighted by Gasteiger charge is 2.51. The minimum Gasteiger partial charge on any atom is -0.480 e. The molecule has 4 fully saturated rings. The Balaban J connectivity index is 1.46. The number of carboxylic acids is 1. The quantitative estimate of drug-likeness (QED) is 0.833. The number of carbonyl (C=O) groups is 2. The molecular formula is C16H24N2O3. The number of hydrogen-bond acceptors (Lipinski definition) is 2. The van der Waals surface area contributed by atoms with E-state index in [2.05, 4.69) is 5.32 Å². The van der Waals surface area contributed by atoms with Crippen molar-refractivity contribution in [3.8, 4) is 0 Å². The number of nitrogens with one attached hydrogen (secondary N) is 1. The Morgan fingerprint density at radius 3 is 2.29 bits per heavy atom. The van der Waals surface area contributed by atoms with Gasteiger partial charge in [-0.05, 0) is 62.2 Å². The molecule has 21 heavy (non-hydrogen) atoms. The summed E-state index contributed by atoms with van der Waals surface area (Å²) in [6, 6.07) is -0.426. The molecule has 4 rings (SSSR count). The summed E-state index contributed by atoms with van der Waals surface area (Å²) in [6.07, 6.45) is 8.02. The summed E-state index contributed by atoms with van der Waals surface area (Å²) in [4.78, 5) is 25.9. The zero-order chi connectivity index (χ0) is 14.6. The van der Waals surface area contributed by atoms with Gasteiger partial charge in [0.05, 0.1) is 0 Å². The molecule has 0 aromatic rings. The summed E-state index contributed by atoms with van der Waals surface area (Å²) < 4.78 is 0. The average Bonchev–Trinajstić information content (AvgIpc) is 3.34. The number of urea groups is 1. The third-order valence-corrected chi connectivity index (χ3v) is 5.95. The first-order valence-corrected chi connectivity index (χ1v) is 8.45. The molecule has 3 aliphatic carbocycles. The van der Waals surface area contributed by atoms with Crippen molar-refractivity contribution in [3.05, 3.63) is 0 Å². The standard InChI is InChI=1S/C16H24N2O3/c19-15(20)14-12-3-1-2-11(12)8-18(14)16(21)17-13(9-4-5-9)10-6-7-10/h9-14H,1-8H2,(H,17,21)(H,19,20). The van der Waals surface area contributed by atoms with Crippen molar-refractivity contribution >= 4 is 12.0 Å². The molecule has 1 saturated heterocycles. The Labute approximate surface area is 125 Å². The first kappa shape index (κ1) is 13.4. The van der Waals surface area contributed by atoms with E-state index in [1.165, 1.54) is 25.7 Å². The van der Waals surface area contributed by atoms with E-state index in [0.717, 1.165) is 19.3 Å². The molecule has 2 N–H and O–H groups in total. The number of fused-ring (bicyclic) bond motifs is 1. The van der Waals surface area contributed by atoms with Gasteiger partial charge in [-0.2, -0.15) is 0 Å². The van der Waals surface area contributed by atoms with E-state index >= 15 is 0 Å². The smallest absolute Gasteiger partial charge is 0.326 e. The molecule has 116 valence electrons. The summed E-state index contributed by atoms with van der Waals surface area (Å²) in [7, 11) is 0. The van der Waals surface area contributed by atoms with Gasteiger partial charge in [0.1, 0.15) is 6.04 Å². The molecule has 3 unspecified atom stereocenters. The molecule has 5 nitrogen and oxygen atoms in total. The number of hydrogen-bond donors (Lipinski definition) is 2. The Morgan fingerprint density at radius 1 is 1.05 bits per heavy atom. The average molecular weight is 292 g/mol. The van der Waals surface area contributed by atoms with Crippen LogP contribution in [0, 0.1) is 23.7 Å². The molecule has 0 bridgehead atoms. The number of carboxylic acid groups (broad SMARTS) is 1. The highest BCUT2D eigenvalue weighted by Crippen LogP contribution is 2.45. The second-order valence-electron chi connectivity index (χ2n) is 7.44. The predicted octanol–water partition coefficient (Wildman–Crippen LogP) is 2.07. The number of aliphatic carboxylic acids is 1. The van der Waals surface area contributed by atoms with E-state index < -0.39 is 12.0 Å². The number of carbonyl (C=O) groups excluding carboxylic acids is 1. The summed E-state index contributed by atoms with van der Waals surface area (Å²) in [6.45, 7) is 0.634. The zero-order valence-electron chi connectivity index (χ0n) is 12.3. The van der Waals surface area contributed by atoms with Gasteiger partial charge < -0.3 is 15.3 Å². The van der Waals surface area contributed by atoms with Gasteiger partial charge in [0.2, 0.25) is 0 Å². The fourth-order valence-corrected chi connectivity index (χ4v) is 4.59. The van der Waals surface area contributed by atoms with Crippen molar-refractivity contribution in [2.75, 3.05) is 6.54 Å². The van der Waals surface area contributed by atoms with E-state index in [1.807, 2.05) is 0 Å². The van der Waals surface area contributed by atoms with Gasteiger partial charge in [0.15, 0.2) is 0 Å². The molecule has 0 radical (unpaired) electrons. The minimum absolute atomic E-state index is 0.124. The van der Waals surface area contributed by atoms with Crippen molar-refractivity contribution in [1.29, 1.82) is 0 Å². The van der Waals surface area contributed by atoms with Crippen LogP contribution in [0.15, 0.2) is 0 Å². The van der Waals surface area contributed by atoms with E-state index in [1.54, 1.807) is 4.90 Å². The van der Waals surface area contributed by atoms with Crippen LogP contribution >= 0.6 is 0 Å². The van der Waals surface area contributed by atoms with E-state index in [9.17, 15) is 14.7 Å².